The Kier molecular flexibility index (Phi) is 5.81. The molecule has 94 valence electrons. The predicted octanol–water partition coefficient (Wildman–Crippen LogP) is 1.88. The molecule has 0 radical (unpaired) electrons. The molecule has 1 saturated carbocycles. The van der Waals surface area contributed by atoms with Crippen molar-refractivity contribution in [3.8, 4) is 0 Å². The summed E-state index contributed by atoms with van der Waals surface area (Å²) in [4.78, 5) is 13.6. The maximum atomic E-state index is 11.7. The number of hydrogen-bond donors (Lipinski definition) is 1. The Hall–Kier alpha value is -0.570. The molecule has 0 aliphatic heterocycles. The predicted molar refractivity (Wildman–Crippen MR) is 67.3 cm³/mol. The highest BCUT2D eigenvalue weighted by atomic mass is 16.2. The highest BCUT2D eigenvalue weighted by molar-refractivity contribution is 5.78. The van der Waals surface area contributed by atoms with E-state index >= 15 is 0 Å². The maximum Gasteiger partial charge on any atom is 0.236 e. The first-order valence-electron chi connectivity index (χ1n) is 6.67. The van der Waals surface area contributed by atoms with E-state index in [0.29, 0.717) is 6.54 Å². The number of nitrogens with one attached hydrogen (secondary N) is 1. The Morgan fingerprint density at radius 2 is 2.00 bits per heavy atom. The van der Waals surface area contributed by atoms with E-state index in [1.165, 1.54) is 19.3 Å². The number of rotatable bonds is 6. The van der Waals surface area contributed by atoms with E-state index in [1.807, 2.05) is 18.7 Å². The van der Waals surface area contributed by atoms with Crippen molar-refractivity contribution in [2.24, 2.45) is 11.8 Å². The number of hydrogen-bond acceptors (Lipinski definition) is 2. The summed E-state index contributed by atoms with van der Waals surface area (Å²) in [6.45, 7) is 9.53. The molecule has 3 nitrogen and oxygen atoms in total. The summed E-state index contributed by atoms with van der Waals surface area (Å²) in [6, 6.07) is 0. The minimum absolute atomic E-state index is 0.232. The van der Waals surface area contributed by atoms with Gasteiger partial charge in [-0.1, -0.05) is 19.8 Å². The van der Waals surface area contributed by atoms with Gasteiger partial charge in [0.2, 0.25) is 5.91 Å². The van der Waals surface area contributed by atoms with Crippen molar-refractivity contribution < 1.29 is 4.79 Å². The quantitative estimate of drug-likeness (QED) is 0.750. The van der Waals surface area contributed by atoms with Crippen molar-refractivity contribution in [2.75, 3.05) is 26.2 Å². The van der Waals surface area contributed by atoms with Gasteiger partial charge in [-0.15, -0.1) is 0 Å². The second kappa shape index (κ2) is 6.89. The van der Waals surface area contributed by atoms with E-state index in [9.17, 15) is 4.79 Å². The summed E-state index contributed by atoms with van der Waals surface area (Å²) in [5, 5.41) is 3.32. The van der Waals surface area contributed by atoms with Gasteiger partial charge in [-0.3, -0.25) is 4.79 Å². The number of carbonyl (C=O) groups excluding carboxylic acids is 1. The third-order valence-corrected chi connectivity index (χ3v) is 3.84. The Morgan fingerprint density at radius 1 is 1.31 bits per heavy atom. The monoisotopic (exact) mass is 226 g/mol. The SMILES string of the molecule is CCN(CC)C(=O)CNCC1CCCC1C. The summed E-state index contributed by atoms with van der Waals surface area (Å²) >= 11 is 0. The average Bonchev–Trinajstić information content (AvgIpc) is 2.66. The van der Waals surface area contributed by atoms with Crippen molar-refractivity contribution in [1.29, 1.82) is 0 Å². The molecule has 0 spiro atoms. The molecule has 0 bridgehead atoms. The van der Waals surface area contributed by atoms with Gasteiger partial charge in [0, 0.05) is 13.1 Å². The second-order valence-electron chi connectivity index (χ2n) is 4.87. The lowest BCUT2D eigenvalue weighted by Gasteiger charge is -2.20. The number of amides is 1. The molecule has 3 heteroatoms. The van der Waals surface area contributed by atoms with Crippen LogP contribution in [0, 0.1) is 11.8 Å². The second-order valence-corrected chi connectivity index (χ2v) is 4.87. The largest absolute Gasteiger partial charge is 0.342 e. The Balaban J connectivity index is 2.17. The highest BCUT2D eigenvalue weighted by Gasteiger charge is 2.22. The molecule has 0 heterocycles. The van der Waals surface area contributed by atoms with Crippen molar-refractivity contribution in [1.82, 2.24) is 10.2 Å². The highest BCUT2D eigenvalue weighted by Crippen LogP contribution is 2.30. The van der Waals surface area contributed by atoms with Gasteiger partial charge in [-0.05, 0) is 38.6 Å². The van der Waals surface area contributed by atoms with Crippen molar-refractivity contribution in [2.45, 2.75) is 40.0 Å². The van der Waals surface area contributed by atoms with Crippen LogP contribution in [0.4, 0.5) is 0 Å². The molecule has 0 saturated heterocycles. The summed E-state index contributed by atoms with van der Waals surface area (Å²) < 4.78 is 0. The normalized spacial score (nSPS) is 24.7. The molecule has 0 aromatic carbocycles. The summed E-state index contributed by atoms with van der Waals surface area (Å²) in [5.41, 5.74) is 0. The number of likely N-dealkylation sites (N-methyl/N-ethyl adjacent to an activating group) is 1. The molecule has 1 amide bonds. The first-order valence-corrected chi connectivity index (χ1v) is 6.67. The molecule has 2 atom stereocenters. The van der Waals surface area contributed by atoms with Crippen LogP contribution in [0.3, 0.4) is 0 Å². The van der Waals surface area contributed by atoms with Crippen LogP contribution in [-0.4, -0.2) is 37.0 Å². The van der Waals surface area contributed by atoms with Gasteiger partial charge in [0.1, 0.15) is 0 Å². The minimum atomic E-state index is 0.232. The zero-order chi connectivity index (χ0) is 12.0. The molecule has 1 N–H and O–H groups in total. The molecule has 0 aromatic heterocycles. The van der Waals surface area contributed by atoms with E-state index in [-0.39, 0.29) is 5.91 Å². The lowest BCUT2D eigenvalue weighted by atomic mass is 9.98. The molecule has 1 rings (SSSR count). The van der Waals surface area contributed by atoms with E-state index in [4.69, 9.17) is 0 Å². The Bertz CT molecular complexity index is 214. The van der Waals surface area contributed by atoms with Gasteiger partial charge in [0.25, 0.3) is 0 Å². The van der Waals surface area contributed by atoms with Crippen molar-refractivity contribution >= 4 is 5.91 Å². The van der Waals surface area contributed by atoms with Gasteiger partial charge in [0.05, 0.1) is 6.54 Å². The van der Waals surface area contributed by atoms with Crippen molar-refractivity contribution in [3.05, 3.63) is 0 Å². The van der Waals surface area contributed by atoms with Crippen LogP contribution in [0.15, 0.2) is 0 Å². The molecule has 2 unspecified atom stereocenters. The zero-order valence-electron chi connectivity index (χ0n) is 11.0. The molecule has 1 aliphatic carbocycles. The van der Waals surface area contributed by atoms with Crippen LogP contribution in [0.5, 0.6) is 0 Å². The maximum absolute atomic E-state index is 11.7. The van der Waals surface area contributed by atoms with Crippen LogP contribution in [0.2, 0.25) is 0 Å². The van der Waals surface area contributed by atoms with Crippen LogP contribution in [0.25, 0.3) is 0 Å². The fourth-order valence-electron chi connectivity index (χ4n) is 2.58. The topological polar surface area (TPSA) is 32.3 Å². The molecular weight excluding hydrogens is 200 g/mol. The first kappa shape index (κ1) is 13.5. The Labute approximate surface area is 99.6 Å². The van der Waals surface area contributed by atoms with Crippen molar-refractivity contribution in [3.63, 3.8) is 0 Å². The smallest absolute Gasteiger partial charge is 0.236 e. The molecule has 0 aromatic rings. The first-order chi connectivity index (χ1) is 7.69. The standard InChI is InChI=1S/C13H26N2O/c1-4-15(5-2)13(16)10-14-9-12-8-6-7-11(12)3/h11-12,14H,4-10H2,1-3H3. The zero-order valence-corrected chi connectivity index (χ0v) is 11.0. The Morgan fingerprint density at radius 3 is 2.50 bits per heavy atom. The van der Waals surface area contributed by atoms with E-state index in [2.05, 4.69) is 12.2 Å². The van der Waals surface area contributed by atoms with Crippen LogP contribution in [0.1, 0.15) is 40.0 Å². The summed E-state index contributed by atoms with van der Waals surface area (Å²) in [6.07, 6.45) is 4.04. The molecule has 16 heavy (non-hydrogen) atoms. The average molecular weight is 226 g/mol. The van der Waals surface area contributed by atoms with Gasteiger partial charge < -0.3 is 10.2 Å². The summed E-state index contributed by atoms with van der Waals surface area (Å²) in [7, 11) is 0. The molecule has 1 aliphatic rings. The lowest BCUT2D eigenvalue weighted by Crippen LogP contribution is -2.39. The van der Waals surface area contributed by atoms with Crippen LogP contribution >= 0.6 is 0 Å². The van der Waals surface area contributed by atoms with E-state index in [1.54, 1.807) is 0 Å². The van der Waals surface area contributed by atoms with E-state index in [0.717, 1.165) is 31.5 Å². The third kappa shape index (κ3) is 3.78. The van der Waals surface area contributed by atoms with E-state index < -0.39 is 0 Å². The molecular formula is C13H26N2O. The number of carbonyl (C=O) groups is 1. The van der Waals surface area contributed by atoms with Crippen LogP contribution in [-0.2, 0) is 4.79 Å². The number of nitrogens with zero attached hydrogens (tertiary/aromatic N) is 1. The van der Waals surface area contributed by atoms with Gasteiger partial charge in [-0.2, -0.15) is 0 Å². The van der Waals surface area contributed by atoms with Crippen LogP contribution < -0.4 is 5.32 Å². The lowest BCUT2D eigenvalue weighted by molar-refractivity contribution is -0.129. The van der Waals surface area contributed by atoms with Gasteiger partial charge >= 0.3 is 0 Å². The minimum Gasteiger partial charge on any atom is -0.342 e. The molecule has 1 fully saturated rings. The van der Waals surface area contributed by atoms with Gasteiger partial charge in [-0.25, -0.2) is 0 Å². The fraction of sp³-hybridized carbons (Fsp3) is 0.923. The van der Waals surface area contributed by atoms with Gasteiger partial charge in [0.15, 0.2) is 0 Å². The fourth-order valence-corrected chi connectivity index (χ4v) is 2.58. The summed E-state index contributed by atoms with van der Waals surface area (Å²) in [5.74, 6) is 1.84. The third-order valence-electron chi connectivity index (χ3n) is 3.84.